The first-order chi connectivity index (χ1) is 13.5. The van der Waals surface area contributed by atoms with Gasteiger partial charge in [-0.2, -0.15) is 13.2 Å². The number of pyridine rings is 1. The van der Waals surface area contributed by atoms with Gasteiger partial charge in [-0.3, -0.25) is 4.79 Å². The van der Waals surface area contributed by atoms with Crippen molar-refractivity contribution in [1.82, 2.24) is 4.98 Å². The molecule has 0 spiro atoms. The zero-order valence-corrected chi connectivity index (χ0v) is 15.6. The molecule has 1 amide bonds. The third-order valence-electron chi connectivity index (χ3n) is 5.78. The maximum absolute atomic E-state index is 14.6. The number of amides is 1. The number of nitrogens with one attached hydrogen (secondary N) is 1. The van der Waals surface area contributed by atoms with E-state index in [1.54, 1.807) is 0 Å². The van der Waals surface area contributed by atoms with E-state index in [4.69, 9.17) is 9.31 Å². The van der Waals surface area contributed by atoms with Crippen LogP contribution >= 0.6 is 0 Å². The quantitative estimate of drug-likeness (QED) is 0.624. The van der Waals surface area contributed by atoms with Crippen LogP contribution in [0.15, 0.2) is 36.5 Å². The van der Waals surface area contributed by atoms with Gasteiger partial charge in [-0.15, -0.1) is 0 Å². The molecule has 2 unspecified atom stereocenters. The Hall–Kier alpha value is -2.46. The van der Waals surface area contributed by atoms with Crippen molar-refractivity contribution < 1.29 is 31.7 Å². The topological polar surface area (TPSA) is 60.5 Å². The van der Waals surface area contributed by atoms with Crippen LogP contribution in [0.5, 0.6) is 0 Å². The number of carbonyl (C=O) groups excluding carboxylic acids is 1. The minimum Gasteiger partial charge on any atom is -0.399 e. The number of hydrogen-bond donors (Lipinski definition) is 1. The summed E-state index contributed by atoms with van der Waals surface area (Å²) < 4.78 is 64.7. The van der Waals surface area contributed by atoms with E-state index in [9.17, 15) is 22.4 Å². The number of rotatable bonds is 3. The monoisotopic (exact) mass is 408 g/mol. The first kappa shape index (κ1) is 19.8. The Balaban J connectivity index is 1.51. The smallest absolute Gasteiger partial charge is 0.399 e. The molecular weight excluding hydrogens is 391 g/mol. The fraction of sp³-hybridized carbons (Fsp3) is 0.368. The van der Waals surface area contributed by atoms with Crippen LogP contribution in [0.25, 0.3) is 0 Å². The Morgan fingerprint density at radius 1 is 1.14 bits per heavy atom. The zero-order chi connectivity index (χ0) is 21.0. The van der Waals surface area contributed by atoms with Gasteiger partial charge < -0.3 is 14.6 Å². The first-order valence-corrected chi connectivity index (χ1v) is 9.00. The summed E-state index contributed by atoms with van der Waals surface area (Å²) in [6, 6.07) is 5.24. The standard InChI is InChI=1S/C19H17BF4N2O3/c1-17-6-7-18(17,2)29-20(28-17)13-4-3-11(9-14(13)21)16(27)26-15-10-12(5-8-25-15)19(22,23)24/h3-5,8-10H,6-7H2,1-2H3,(H,25,26,27). The van der Waals surface area contributed by atoms with Crippen molar-refractivity contribution in [2.24, 2.45) is 0 Å². The number of carbonyl (C=O) groups is 1. The van der Waals surface area contributed by atoms with Gasteiger partial charge in [-0.1, -0.05) is 6.07 Å². The maximum atomic E-state index is 14.6. The Morgan fingerprint density at radius 2 is 1.79 bits per heavy atom. The third kappa shape index (κ3) is 3.40. The predicted octanol–water partition coefficient (Wildman–Crippen LogP) is 3.55. The molecule has 1 aliphatic carbocycles. The van der Waals surface area contributed by atoms with Gasteiger partial charge in [-0.25, -0.2) is 9.37 Å². The summed E-state index contributed by atoms with van der Waals surface area (Å²) in [5, 5.41) is 2.24. The van der Waals surface area contributed by atoms with Crippen molar-refractivity contribution in [3.05, 3.63) is 53.5 Å². The first-order valence-electron chi connectivity index (χ1n) is 9.00. The van der Waals surface area contributed by atoms with E-state index >= 15 is 0 Å². The highest BCUT2D eigenvalue weighted by Gasteiger charge is 2.63. The molecule has 2 heterocycles. The lowest BCUT2D eigenvalue weighted by molar-refractivity contribution is -0.137. The van der Waals surface area contributed by atoms with E-state index in [1.807, 2.05) is 13.8 Å². The average Bonchev–Trinajstić information content (AvgIpc) is 2.82. The van der Waals surface area contributed by atoms with Gasteiger partial charge in [0.15, 0.2) is 0 Å². The highest BCUT2D eigenvalue weighted by atomic mass is 19.4. The summed E-state index contributed by atoms with van der Waals surface area (Å²) in [6.07, 6.45) is -2.01. The van der Waals surface area contributed by atoms with Crippen molar-refractivity contribution in [3.63, 3.8) is 0 Å². The van der Waals surface area contributed by atoms with E-state index in [0.717, 1.165) is 31.2 Å². The number of anilines is 1. The van der Waals surface area contributed by atoms with Crippen LogP contribution in [0.1, 0.15) is 42.6 Å². The molecule has 2 aromatic rings. The summed E-state index contributed by atoms with van der Waals surface area (Å²) in [7, 11) is -0.880. The SMILES string of the molecule is CC12CCC1(C)OB(c1ccc(C(=O)Nc3cc(C(F)(F)F)ccn3)cc1F)O2. The Morgan fingerprint density at radius 3 is 2.34 bits per heavy atom. The number of alkyl halides is 3. The van der Waals surface area contributed by atoms with Crippen LogP contribution in [0.4, 0.5) is 23.4 Å². The third-order valence-corrected chi connectivity index (χ3v) is 5.78. The molecular formula is C19H17BF4N2O3. The molecule has 5 nitrogen and oxygen atoms in total. The van der Waals surface area contributed by atoms with Crippen molar-refractivity contribution in [2.75, 3.05) is 5.32 Å². The van der Waals surface area contributed by atoms with Crippen LogP contribution in [0.2, 0.25) is 0 Å². The number of benzene rings is 1. The van der Waals surface area contributed by atoms with Gasteiger partial charge in [0, 0.05) is 17.2 Å². The largest absolute Gasteiger partial charge is 0.497 e. The normalized spacial score (nSPS) is 26.1. The lowest BCUT2D eigenvalue weighted by Crippen LogP contribution is -2.56. The molecule has 1 saturated carbocycles. The summed E-state index contributed by atoms with van der Waals surface area (Å²) >= 11 is 0. The Labute approximate surface area is 164 Å². The summed E-state index contributed by atoms with van der Waals surface area (Å²) in [5.41, 5.74) is -1.80. The Kier molecular flexibility index (Phi) is 4.47. The van der Waals surface area contributed by atoms with Crippen LogP contribution < -0.4 is 10.8 Å². The molecule has 152 valence electrons. The summed E-state index contributed by atoms with van der Waals surface area (Å²) in [6.45, 7) is 3.83. The van der Waals surface area contributed by atoms with E-state index in [0.29, 0.717) is 6.07 Å². The summed E-state index contributed by atoms with van der Waals surface area (Å²) in [5.74, 6) is -1.77. The number of halogens is 4. The highest BCUT2D eigenvalue weighted by molar-refractivity contribution is 6.62. The van der Waals surface area contributed by atoms with Crippen molar-refractivity contribution >= 4 is 24.3 Å². The molecule has 4 rings (SSSR count). The Bertz CT molecular complexity index is 968. The van der Waals surface area contributed by atoms with Gasteiger partial charge in [-0.05, 0) is 51.0 Å². The summed E-state index contributed by atoms with van der Waals surface area (Å²) in [4.78, 5) is 16.0. The zero-order valence-electron chi connectivity index (χ0n) is 15.6. The minimum absolute atomic E-state index is 0.0659. The van der Waals surface area contributed by atoms with E-state index < -0.39 is 41.8 Å². The molecule has 2 atom stereocenters. The molecule has 29 heavy (non-hydrogen) atoms. The molecule has 2 fully saturated rings. The molecule has 0 bridgehead atoms. The van der Waals surface area contributed by atoms with Gasteiger partial charge in [0.1, 0.15) is 11.6 Å². The number of aromatic nitrogens is 1. The van der Waals surface area contributed by atoms with Crippen LogP contribution in [-0.2, 0) is 15.5 Å². The number of hydrogen-bond acceptors (Lipinski definition) is 4. The van der Waals surface area contributed by atoms with Crippen molar-refractivity contribution in [2.45, 2.75) is 44.1 Å². The molecule has 1 aromatic carbocycles. The molecule has 1 saturated heterocycles. The van der Waals surface area contributed by atoms with Crippen LogP contribution in [0.3, 0.4) is 0 Å². The fourth-order valence-electron chi connectivity index (χ4n) is 3.54. The molecule has 10 heteroatoms. The molecule has 1 N–H and O–H groups in total. The van der Waals surface area contributed by atoms with Gasteiger partial charge in [0.25, 0.3) is 5.91 Å². The lowest BCUT2D eigenvalue weighted by atomic mass is 9.68. The second-order valence-electron chi connectivity index (χ2n) is 7.65. The highest BCUT2D eigenvalue weighted by Crippen LogP contribution is 2.52. The fourth-order valence-corrected chi connectivity index (χ4v) is 3.54. The van der Waals surface area contributed by atoms with Gasteiger partial charge in [0.05, 0.1) is 16.8 Å². The minimum atomic E-state index is -4.57. The number of nitrogens with zero attached hydrogens (tertiary/aromatic N) is 1. The maximum Gasteiger partial charge on any atom is 0.497 e. The van der Waals surface area contributed by atoms with E-state index in [2.05, 4.69) is 10.3 Å². The van der Waals surface area contributed by atoms with Gasteiger partial charge in [0.2, 0.25) is 0 Å². The van der Waals surface area contributed by atoms with Crippen LogP contribution in [-0.4, -0.2) is 29.2 Å². The average molecular weight is 408 g/mol. The van der Waals surface area contributed by atoms with Gasteiger partial charge >= 0.3 is 13.3 Å². The molecule has 0 radical (unpaired) electrons. The van der Waals surface area contributed by atoms with Crippen molar-refractivity contribution in [3.8, 4) is 0 Å². The second-order valence-corrected chi connectivity index (χ2v) is 7.65. The van der Waals surface area contributed by atoms with Crippen LogP contribution in [0, 0.1) is 5.82 Å². The molecule has 2 aliphatic rings. The molecule has 1 aliphatic heterocycles. The molecule has 1 aromatic heterocycles. The lowest BCUT2D eigenvalue weighted by Gasteiger charge is -2.49. The van der Waals surface area contributed by atoms with E-state index in [-0.39, 0.29) is 16.8 Å². The second kappa shape index (κ2) is 6.53. The van der Waals surface area contributed by atoms with Crippen molar-refractivity contribution in [1.29, 1.82) is 0 Å². The predicted molar refractivity (Wildman–Crippen MR) is 97.2 cm³/mol. The van der Waals surface area contributed by atoms with E-state index in [1.165, 1.54) is 12.1 Å². The number of fused-ring (bicyclic) bond motifs is 1.